The highest BCUT2D eigenvalue weighted by Gasteiger charge is 2.13. The van der Waals surface area contributed by atoms with Crippen molar-refractivity contribution in [3.8, 4) is 11.8 Å². The zero-order chi connectivity index (χ0) is 13.8. The monoisotopic (exact) mass is 271 g/mol. The second-order valence-corrected chi connectivity index (χ2v) is 5.61. The summed E-state index contributed by atoms with van der Waals surface area (Å²) < 4.78 is 5.44. The van der Waals surface area contributed by atoms with Crippen LogP contribution in [0, 0.1) is 25.2 Å². The average Bonchev–Trinajstić information content (AvgIpc) is 2.75. The molecule has 4 heteroatoms. The molecule has 1 aromatic heterocycles. The van der Waals surface area contributed by atoms with Crippen LogP contribution in [0.1, 0.15) is 25.7 Å². The van der Waals surface area contributed by atoms with Gasteiger partial charge in [0.05, 0.1) is 5.56 Å². The Balaban J connectivity index is 2.09. The number of carbonyl (C=O) groups excluding carboxylic acids is 1. The molecular formula is C15H13NO2S. The third-order valence-corrected chi connectivity index (χ3v) is 3.67. The van der Waals surface area contributed by atoms with Crippen LogP contribution in [-0.2, 0) is 0 Å². The van der Waals surface area contributed by atoms with Crippen molar-refractivity contribution >= 4 is 17.1 Å². The van der Waals surface area contributed by atoms with Crippen LogP contribution in [-0.4, -0.2) is 12.4 Å². The van der Waals surface area contributed by atoms with Crippen molar-refractivity contribution in [1.29, 1.82) is 5.26 Å². The highest BCUT2D eigenvalue weighted by molar-refractivity contribution is 7.12. The Morgan fingerprint density at radius 2 is 2.11 bits per heavy atom. The molecule has 0 aliphatic heterocycles. The number of thiophene rings is 1. The van der Waals surface area contributed by atoms with Gasteiger partial charge in [-0.1, -0.05) is 12.1 Å². The summed E-state index contributed by atoms with van der Waals surface area (Å²) in [5, 5.41) is 8.93. The van der Waals surface area contributed by atoms with Gasteiger partial charge in [-0.15, -0.1) is 11.3 Å². The van der Waals surface area contributed by atoms with Gasteiger partial charge in [0.2, 0.25) is 5.78 Å². The Kier molecular flexibility index (Phi) is 3.98. The maximum absolute atomic E-state index is 12.1. The lowest BCUT2D eigenvalue weighted by atomic mass is 10.1. The average molecular weight is 271 g/mol. The van der Waals surface area contributed by atoms with Gasteiger partial charge in [0.15, 0.2) is 6.61 Å². The second kappa shape index (κ2) is 5.68. The number of Topliss-reactive ketones (excluding diaryl/α,β-unsaturated/α-hetero) is 1. The Morgan fingerprint density at radius 1 is 1.37 bits per heavy atom. The number of aryl methyl sites for hydroxylation is 2. The topological polar surface area (TPSA) is 50.1 Å². The van der Waals surface area contributed by atoms with Crippen LogP contribution in [0.15, 0.2) is 30.3 Å². The van der Waals surface area contributed by atoms with E-state index in [1.807, 2.05) is 26.0 Å². The maximum Gasteiger partial charge on any atom is 0.201 e. The zero-order valence-corrected chi connectivity index (χ0v) is 11.6. The van der Waals surface area contributed by atoms with Crippen molar-refractivity contribution in [2.24, 2.45) is 0 Å². The molecule has 2 aromatic rings. The third kappa shape index (κ3) is 3.01. The van der Waals surface area contributed by atoms with Gasteiger partial charge in [-0.2, -0.15) is 5.26 Å². The van der Waals surface area contributed by atoms with Gasteiger partial charge in [0, 0.05) is 15.3 Å². The molecule has 0 amide bonds. The highest BCUT2D eigenvalue weighted by Crippen LogP contribution is 2.22. The number of ketones is 1. The van der Waals surface area contributed by atoms with Gasteiger partial charge in [0.1, 0.15) is 11.8 Å². The van der Waals surface area contributed by atoms with Gasteiger partial charge in [0.25, 0.3) is 0 Å². The first-order chi connectivity index (χ1) is 9.11. The van der Waals surface area contributed by atoms with Gasteiger partial charge in [-0.25, -0.2) is 0 Å². The maximum atomic E-state index is 12.1. The van der Waals surface area contributed by atoms with Gasteiger partial charge in [-0.05, 0) is 32.0 Å². The Hall–Kier alpha value is -2.12. The molecule has 0 saturated carbocycles. The number of rotatable bonds is 4. The number of nitrogens with zero attached hydrogens (tertiary/aromatic N) is 1. The number of hydrogen-bond acceptors (Lipinski definition) is 4. The fourth-order valence-electron chi connectivity index (χ4n) is 1.81. The molecule has 0 unspecified atom stereocenters. The summed E-state index contributed by atoms with van der Waals surface area (Å²) in [6.07, 6.45) is 0. The predicted octanol–water partition coefficient (Wildman–Crippen LogP) is 3.50. The van der Waals surface area contributed by atoms with E-state index < -0.39 is 0 Å². The molecule has 0 atom stereocenters. The quantitative estimate of drug-likeness (QED) is 0.800. The summed E-state index contributed by atoms with van der Waals surface area (Å²) in [5.41, 5.74) is 1.14. The lowest BCUT2D eigenvalue weighted by Gasteiger charge is -2.06. The summed E-state index contributed by atoms with van der Waals surface area (Å²) in [6.45, 7) is 3.85. The molecular weight excluding hydrogens is 258 g/mol. The van der Waals surface area contributed by atoms with E-state index in [9.17, 15) is 4.79 Å². The minimum absolute atomic E-state index is 0.0459. The summed E-state index contributed by atoms with van der Waals surface area (Å²) in [4.78, 5) is 14.2. The minimum atomic E-state index is -0.0606. The fraction of sp³-hybridized carbons (Fsp3) is 0.200. The smallest absolute Gasteiger partial charge is 0.201 e. The van der Waals surface area contributed by atoms with Crippen LogP contribution in [0.25, 0.3) is 0 Å². The van der Waals surface area contributed by atoms with E-state index in [4.69, 9.17) is 10.00 Å². The largest absolute Gasteiger partial charge is 0.484 e. The second-order valence-electron chi connectivity index (χ2n) is 4.15. The van der Waals surface area contributed by atoms with Crippen LogP contribution in [0.2, 0.25) is 0 Å². The van der Waals surface area contributed by atoms with E-state index >= 15 is 0 Å². The molecule has 1 heterocycles. The number of ether oxygens (including phenoxy) is 1. The Bertz CT molecular complexity index is 652. The lowest BCUT2D eigenvalue weighted by Crippen LogP contribution is -2.12. The number of benzene rings is 1. The summed E-state index contributed by atoms with van der Waals surface area (Å²) in [6, 6.07) is 10.8. The number of para-hydroxylation sites is 1. The number of nitriles is 1. The fourth-order valence-corrected chi connectivity index (χ4v) is 2.76. The molecule has 0 aliphatic carbocycles. The van der Waals surface area contributed by atoms with E-state index in [2.05, 4.69) is 0 Å². The normalized spacial score (nSPS) is 9.95. The molecule has 0 bridgehead atoms. The standard InChI is InChI=1S/C15H13NO2S/c1-10-7-13(11(2)19-10)14(17)9-18-15-6-4-3-5-12(15)8-16/h3-7H,9H2,1-2H3. The molecule has 19 heavy (non-hydrogen) atoms. The van der Waals surface area contributed by atoms with E-state index in [-0.39, 0.29) is 12.4 Å². The Labute approximate surface area is 116 Å². The molecule has 0 radical (unpaired) electrons. The van der Waals surface area contributed by atoms with Crippen LogP contribution in [0.5, 0.6) is 5.75 Å². The van der Waals surface area contributed by atoms with Crippen LogP contribution < -0.4 is 4.74 Å². The Morgan fingerprint density at radius 3 is 2.74 bits per heavy atom. The molecule has 3 nitrogen and oxygen atoms in total. The van der Waals surface area contributed by atoms with E-state index in [0.717, 1.165) is 9.75 Å². The first kappa shape index (κ1) is 13.3. The van der Waals surface area contributed by atoms with Crippen molar-refractivity contribution in [2.45, 2.75) is 13.8 Å². The number of hydrogen-bond donors (Lipinski definition) is 0. The lowest BCUT2D eigenvalue weighted by molar-refractivity contribution is 0.0921. The van der Waals surface area contributed by atoms with E-state index in [0.29, 0.717) is 16.9 Å². The molecule has 96 valence electrons. The van der Waals surface area contributed by atoms with Crippen molar-refractivity contribution in [3.05, 3.63) is 51.2 Å². The van der Waals surface area contributed by atoms with Crippen molar-refractivity contribution in [2.75, 3.05) is 6.61 Å². The molecule has 2 rings (SSSR count). The molecule has 1 aromatic carbocycles. The predicted molar refractivity (Wildman–Crippen MR) is 74.8 cm³/mol. The first-order valence-electron chi connectivity index (χ1n) is 5.84. The summed E-state index contributed by atoms with van der Waals surface area (Å²) >= 11 is 1.60. The molecule has 0 spiro atoms. The first-order valence-corrected chi connectivity index (χ1v) is 6.65. The highest BCUT2D eigenvalue weighted by atomic mass is 32.1. The van der Waals surface area contributed by atoms with E-state index in [1.54, 1.807) is 35.6 Å². The molecule has 0 aliphatic rings. The van der Waals surface area contributed by atoms with Gasteiger partial charge in [-0.3, -0.25) is 4.79 Å². The zero-order valence-electron chi connectivity index (χ0n) is 10.8. The number of carbonyl (C=O) groups is 1. The van der Waals surface area contributed by atoms with Crippen molar-refractivity contribution in [1.82, 2.24) is 0 Å². The summed E-state index contributed by atoms with van der Waals surface area (Å²) in [5.74, 6) is 0.387. The summed E-state index contributed by atoms with van der Waals surface area (Å²) in [7, 11) is 0. The van der Waals surface area contributed by atoms with Gasteiger partial charge < -0.3 is 4.74 Å². The van der Waals surface area contributed by atoms with Gasteiger partial charge >= 0.3 is 0 Å². The van der Waals surface area contributed by atoms with Crippen LogP contribution in [0.4, 0.5) is 0 Å². The van der Waals surface area contributed by atoms with E-state index in [1.165, 1.54) is 0 Å². The SMILES string of the molecule is Cc1cc(C(=O)COc2ccccc2C#N)c(C)s1. The van der Waals surface area contributed by atoms with Crippen molar-refractivity contribution < 1.29 is 9.53 Å². The minimum Gasteiger partial charge on any atom is -0.484 e. The molecule has 0 fully saturated rings. The molecule has 0 N–H and O–H groups in total. The van der Waals surface area contributed by atoms with Crippen LogP contribution >= 0.6 is 11.3 Å². The van der Waals surface area contributed by atoms with Crippen molar-refractivity contribution in [3.63, 3.8) is 0 Å². The molecule has 0 saturated heterocycles. The third-order valence-electron chi connectivity index (χ3n) is 2.71. The van der Waals surface area contributed by atoms with Crippen LogP contribution in [0.3, 0.4) is 0 Å².